The number of hydrogen-bond acceptors (Lipinski definition) is 3. The minimum absolute atomic E-state index is 0.0910. The zero-order chi connectivity index (χ0) is 10.9. The van der Waals surface area contributed by atoms with Gasteiger partial charge in [-0.25, -0.2) is 12.8 Å². The lowest BCUT2D eigenvalue weighted by molar-refractivity contribution is 0.353. The molecule has 0 amide bonds. The summed E-state index contributed by atoms with van der Waals surface area (Å²) in [6.45, 7) is 1.19. The van der Waals surface area contributed by atoms with Gasteiger partial charge >= 0.3 is 0 Å². The van der Waals surface area contributed by atoms with E-state index < -0.39 is 25.9 Å². The van der Waals surface area contributed by atoms with E-state index in [0.717, 1.165) is 6.07 Å². The molecule has 0 fully saturated rings. The highest BCUT2D eigenvalue weighted by atomic mass is 35.7. The monoisotopic (exact) mass is 238 g/mol. The van der Waals surface area contributed by atoms with Crippen molar-refractivity contribution in [3.63, 3.8) is 0 Å². The fraction of sp³-hybridized carbons (Fsp3) is 0.250. The third kappa shape index (κ3) is 2.16. The van der Waals surface area contributed by atoms with Crippen molar-refractivity contribution in [2.75, 3.05) is 0 Å². The second-order valence-corrected chi connectivity index (χ2v) is 5.28. The number of alkyl halides is 1. The van der Waals surface area contributed by atoms with E-state index in [-0.39, 0.29) is 5.56 Å². The normalized spacial score (nSPS) is 13.9. The summed E-state index contributed by atoms with van der Waals surface area (Å²) in [5.74, 6) is -0.627. The van der Waals surface area contributed by atoms with Crippen LogP contribution in [0.2, 0.25) is 0 Å². The maximum absolute atomic E-state index is 12.9. The third-order valence-corrected chi connectivity index (χ3v) is 3.07. The lowest BCUT2D eigenvalue weighted by Crippen LogP contribution is -1.95. The molecular weight excluding hydrogens is 231 g/mol. The largest absolute Gasteiger partial charge is 0.506 e. The maximum atomic E-state index is 12.9. The van der Waals surface area contributed by atoms with E-state index in [1.807, 2.05) is 0 Å². The predicted molar refractivity (Wildman–Crippen MR) is 50.7 cm³/mol. The van der Waals surface area contributed by atoms with Crippen LogP contribution in [-0.4, -0.2) is 13.5 Å². The molecule has 0 spiro atoms. The molecule has 14 heavy (non-hydrogen) atoms. The molecule has 0 aromatic heterocycles. The molecule has 6 heteroatoms. The fourth-order valence-electron chi connectivity index (χ4n) is 1.06. The van der Waals surface area contributed by atoms with Gasteiger partial charge in [-0.1, -0.05) is 12.1 Å². The van der Waals surface area contributed by atoms with Gasteiger partial charge in [-0.05, 0) is 13.0 Å². The van der Waals surface area contributed by atoms with Crippen LogP contribution in [-0.2, 0) is 9.05 Å². The third-order valence-electron chi connectivity index (χ3n) is 1.72. The maximum Gasteiger partial charge on any atom is 0.264 e. The van der Waals surface area contributed by atoms with Gasteiger partial charge in [0.05, 0.1) is 0 Å². The highest BCUT2D eigenvalue weighted by Crippen LogP contribution is 2.33. The number of phenolic OH excluding ortho intramolecular Hbond substituents is 1. The molecule has 0 saturated heterocycles. The summed E-state index contributed by atoms with van der Waals surface area (Å²) in [5, 5.41) is 9.39. The summed E-state index contributed by atoms with van der Waals surface area (Å²) in [6.07, 6.45) is -1.45. The Bertz CT molecular complexity index is 442. The lowest BCUT2D eigenvalue weighted by Gasteiger charge is -2.07. The zero-order valence-electron chi connectivity index (χ0n) is 7.24. The number of para-hydroxylation sites is 1. The van der Waals surface area contributed by atoms with E-state index in [4.69, 9.17) is 10.7 Å². The summed E-state index contributed by atoms with van der Waals surface area (Å²) >= 11 is 0. The average Bonchev–Trinajstić information content (AvgIpc) is 2.01. The molecule has 0 aliphatic heterocycles. The molecule has 0 aliphatic rings. The van der Waals surface area contributed by atoms with Crippen LogP contribution < -0.4 is 0 Å². The number of halogens is 2. The van der Waals surface area contributed by atoms with Crippen LogP contribution in [0.5, 0.6) is 5.75 Å². The Labute approximate surface area is 85.6 Å². The van der Waals surface area contributed by atoms with Crippen molar-refractivity contribution in [2.24, 2.45) is 0 Å². The number of hydrogen-bond donors (Lipinski definition) is 1. The number of phenols is 1. The summed E-state index contributed by atoms with van der Waals surface area (Å²) in [7, 11) is 0.996. The molecule has 0 radical (unpaired) electrons. The summed E-state index contributed by atoms with van der Waals surface area (Å²) < 4.78 is 34.7. The Hall–Kier alpha value is -0.810. The molecule has 0 bridgehead atoms. The van der Waals surface area contributed by atoms with E-state index in [0.29, 0.717) is 0 Å². The van der Waals surface area contributed by atoms with Gasteiger partial charge in [0.2, 0.25) is 0 Å². The number of aromatic hydroxyl groups is 1. The second-order valence-electron chi connectivity index (χ2n) is 2.75. The van der Waals surface area contributed by atoms with Crippen molar-refractivity contribution in [1.29, 1.82) is 0 Å². The summed E-state index contributed by atoms with van der Waals surface area (Å²) in [5.41, 5.74) is -0.0910. The Balaban J connectivity index is 3.43. The van der Waals surface area contributed by atoms with Crippen molar-refractivity contribution in [3.8, 4) is 5.75 Å². The molecule has 0 aliphatic carbocycles. The van der Waals surface area contributed by atoms with Crippen molar-refractivity contribution in [2.45, 2.75) is 18.0 Å². The molecule has 1 atom stereocenters. The van der Waals surface area contributed by atoms with Crippen molar-refractivity contribution >= 4 is 19.7 Å². The van der Waals surface area contributed by atoms with Gasteiger partial charge in [0.15, 0.2) is 0 Å². The predicted octanol–water partition coefficient (Wildman–Crippen LogP) is 2.35. The highest BCUT2D eigenvalue weighted by Gasteiger charge is 2.20. The first-order valence-electron chi connectivity index (χ1n) is 3.74. The molecule has 1 rings (SSSR count). The van der Waals surface area contributed by atoms with Crippen LogP contribution >= 0.6 is 10.7 Å². The number of rotatable bonds is 2. The molecule has 1 unspecified atom stereocenters. The van der Waals surface area contributed by atoms with Crippen LogP contribution in [0.15, 0.2) is 23.1 Å². The van der Waals surface area contributed by atoms with Crippen LogP contribution in [0.1, 0.15) is 18.7 Å². The zero-order valence-corrected chi connectivity index (χ0v) is 8.81. The standard InChI is InChI=1S/C8H8ClFO3S/c1-5(10)6-3-2-4-7(8(6)11)14(9,12)13/h2-5,11H,1H3. The van der Waals surface area contributed by atoms with Gasteiger partial charge in [0, 0.05) is 16.2 Å². The van der Waals surface area contributed by atoms with Crippen LogP contribution in [0, 0.1) is 0 Å². The first kappa shape index (κ1) is 11.3. The molecular formula is C8H8ClFO3S. The Morgan fingerprint density at radius 1 is 1.50 bits per heavy atom. The first-order chi connectivity index (χ1) is 6.34. The second kappa shape index (κ2) is 3.74. The molecule has 3 nitrogen and oxygen atoms in total. The van der Waals surface area contributed by atoms with Crippen molar-refractivity contribution < 1.29 is 17.9 Å². The van der Waals surface area contributed by atoms with Gasteiger partial charge < -0.3 is 5.11 Å². The van der Waals surface area contributed by atoms with Gasteiger partial charge in [-0.3, -0.25) is 0 Å². The minimum Gasteiger partial charge on any atom is -0.506 e. The van der Waals surface area contributed by atoms with E-state index >= 15 is 0 Å². The van der Waals surface area contributed by atoms with E-state index in [1.165, 1.54) is 19.1 Å². The van der Waals surface area contributed by atoms with Crippen LogP contribution in [0.4, 0.5) is 4.39 Å². The average molecular weight is 239 g/mol. The highest BCUT2D eigenvalue weighted by molar-refractivity contribution is 8.13. The molecule has 1 aromatic carbocycles. The van der Waals surface area contributed by atoms with Gasteiger partial charge in [0.1, 0.15) is 16.8 Å². The molecule has 1 N–H and O–H groups in total. The Morgan fingerprint density at radius 2 is 2.07 bits per heavy atom. The fourth-order valence-corrected chi connectivity index (χ4v) is 2.02. The van der Waals surface area contributed by atoms with E-state index in [2.05, 4.69) is 0 Å². The molecule has 78 valence electrons. The van der Waals surface area contributed by atoms with Gasteiger partial charge in [-0.15, -0.1) is 0 Å². The Kier molecular flexibility index (Phi) is 3.01. The van der Waals surface area contributed by atoms with Gasteiger partial charge in [-0.2, -0.15) is 0 Å². The first-order valence-corrected chi connectivity index (χ1v) is 6.05. The quantitative estimate of drug-likeness (QED) is 0.805. The van der Waals surface area contributed by atoms with E-state index in [1.54, 1.807) is 0 Å². The van der Waals surface area contributed by atoms with Crippen LogP contribution in [0.25, 0.3) is 0 Å². The Morgan fingerprint density at radius 3 is 2.50 bits per heavy atom. The topological polar surface area (TPSA) is 54.4 Å². The molecule has 0 saturated carbocycles. The van der Waals surface area contributed by atoms with Gasteiger partial charge in [0.25, 0.3) is 9.05 Å². The molecule has 0 heterocycles. The minimum atomic E-state index is -4.03. The van der Waals surface area contributed by atoms with Crippen LogP contribution in [0.3, 0.4) is 0 Å². The van der Waals surface area contributed by atoms with E-state index in [9.17, 15) is 17.9 Å². The SMILES string of the molecule is CC(F)c1cccc(S(=O)(=O)Cl)c1O. The number of benzene rings is 1. The lowest BCUT2D eigenvalue weighted by atomic mass is 10.1. The smallest absolute Gasteiger partial charge is 0.264 e. The van der Waals surface area contributed by atoms with Crippen molar-refractivity contribution in [3.05, 3.63) is 23.8 Å². The summed E-state index contributed by atoms with van der Waals surface area (Å²) in [4.78, 5) is -0.471. The summed E-state index contributed by atoms with van der Waals surface area (Å²) in [6, 6.07) is 3.73. The molecule has 1 aromatic rings. The van der Waals surface area contributed by atoms with Crippen molar-refractivity contribution in [1.82, 2.24) is 0 Å².